The summed E-state index contributed by atoms with van der Waals surface area (Å²) in [6.45, 7) is 0. The summed E-state index contributed by atoms with van der Waals surface area (Å²) in [5, 5.41) is 3.30. The van der Waals surface area contributed by atoms with Crippen LogP contribution in [-0.2, 0) is 4.79 Å². The molecule has 0 saturated carbocycles. The molecule has 1 atom stereocenters. The van der Waals surface area contributed by atoms with Crippen LogP contribution in [0.15, 0.2) is 46.5 Å². The van der Waals surface area contributed by atoms with Crippen LogP contribution < -0.4 is 16.6 Å². The van der Waals surface area contributed by atoms with Gasteiger partial charge in [-0.05, 0) is 12.1 Å². The molecule has 8 heteroatoms. The fourth-order valence-electron chi connectivity index (χ4n) is 2.46. The number of amides is 2. The van der Waals surface area contributed by atoms with Crippen molar-refractivity contribution in [1.29, 1.82) is 0 Å². The van der Waals surface area contributed by atoms with E-state index in [-0.39, 0.29) is 29.5 Å². The smallest absolute Gasteiger partial charge is 0.254 e. The number of nitrogens with zero attached hydrogens (tertiary/aromatic N) is 2. The fraction of sp³-hybridized carbons (Fsp3) is 0.200. The average molecular weight is 330 g/mol. The molecule has 0 spiro atoms. The molecule has 1 aliphatic rings. The van der Waals surface area contributed by atoms with Crippen molar-refractivity contribution >= 4 is 29.3 Å². The first-order valence-corrected chi connectivity index (χ1v) is 7.94. The van der Waals surface area contributed by atoms with Crippen LogP contribution in [0.3, 0.4) is 0 Å². The van der Waals surface area contributed by atoms with Crippen LogP contribution >= 0.6 is 11.8 Å². The second-order valence-electron chi connectivity index (χ2n) is 5.06. The molecule has 0 radical (unpaired) electrons. The van der Waals surface area contributed by atoms with Gasteiger partial charge >= 0.3 is 0 Å². The Morgan fingerprint density at radius 3 is 2.91 bits per heavy atom. The minimum atomic E-state index is -0.608. The first-order valence-electron chi connectivity index (χ1n) is 6.95. The normalized spacial score (nSPS) is 15.9. The summed E-state index contributed by atoms with van der Waals surface area (Å²) in [7, 11) is 0. The van der Waals surface area contributed by atoms with E-state index in [1.54, 1.807) is 24.3 Å². The lowest BCUT2D eigenvalue weighted by Crippen LogP contribution is -2.27. The average Bonchev–Trinajstić information content (AvgIpc) is 2.92. The molecule has 0 fully saturated rings. The summed E-state index contributed by atoms with van der Waals surface area (Å²) < 4.78 is 1.53. The van der Waals surface area contributed by atoms with Gasteiger partial charge in [0.1, 0.15) is 0 Å². The Hall–Kier alpha value is -2.61. The lowest BCUT2D eigenvalue weighted by molar-refractivity contribution is -0.116. The Labute approximate surface area is 135 Å². The minimum absolute atomic E-state index is 0.124. The maximum Gasteiger partial charge on any atom is 0.254 e. The maximum absolute atomic E-state index is 12.3. The number of hydrogen-bond donors (Lipinski definition) is 2. The highest BCUT2D eigenvalue weighted by atomic mass is 32.2. The van der Waals surface area contributed by atoms with Crippen molar-refractivity contribution in [3.8, 4) is 0 Å². The molecular formula is C15H14N4O3S. The van der Waals surface area contributed by atoms with Gasteiger partial charge < -0.3 is 11.1 Å². The first-order chi connectivity index (χ1) is 11.1. The lowest BCUT2D eigenvalue weighted by atomic mass is 10.1. The molecule has 1 aromatic carbocycles. The SMILES string of the molecule is NC(=O)c1ccccc1NC(=O)C[C@@H]1CSc2nccc(=O)n21. The zero-order valence-electron chi connectivity index (χ0n) is 12.1. The molecule has 2 amide bonds. The quantitative estimate of drug-likeness (QED) is 0.814. The number of carbonyl (C=O) groups excluding carboxylic acids is 2. The van der Waals surface area contributed by atoms with Crippen molar-refractivity contribution in [2.75, 3.05) is 11.1 Å². The number of benzene rings is 1. The largest absolute Gasteiger partial charge is 0.366 e. The standard InChI is InChI=1S/C15H14N4O3S/c16-14(22)10-3-1-2-4-11(10)18-12(20)7-9-8-23-15-17-6-5-13(21)19(9)15/h1-6,9H,7-8H2,(H2,16,22)(H,18,20)/t9-/m1/s1. The van der Waals surface area contributed by atoms with Crippen molar-refractivity contribution < 1.29 is 9.59 Å². The number of nitrogens with one attached hydrogen (secondary N) is 1. The monoisotopic (exact) mass is 330 g/mol. The Morgan fingerprint density at radius 2 is 2.13 bits per heavy atom. The van der Waals surface area contributed by atoms with Crippen LogP contribution in [0.5, 0.6) is 0 Å². The maximum atomic E-state index is 12.3. The summed E-state index contributed by atoms with van der Waals surface area (Å²) in [6, 6.07) is 7.66. The molecule has 0 unspecified atom stereocenters. The Kier molecular flexibility index (Phi) is 4.16. The van der Waals surface area contributed by atoms with E-state index >= 15 is 0 Å². The molecule has 2 aromatic rings. The van der Waals surface area contributed by atoms with E-state index in [2.05, 4.69) is 10.3 Å². The van der Waals surface area contributed by atoms with Crippen LogP contribution in [0.25, 0.3) is 0 Å². The van der Waals surface area contributed by atoms with Crippen molar-refractivity contribution in [3.63, 3.8) is 0 Å². The molecule has 0 saturated heterocycles. The van der Waals surface area contributed by atoms with Crippen LogP contribution in [0.4, 0.5) is 5.69 Å². The summed E-state index contributed by atoms with van der Waals surface area (Å²) in [4.78, 5) is 39.7. The molecule has 7 nitrogen and oxygen atoms in total. The van der Waals surface area contributed by atoms with Crippen molar-refractivity contribution in [2.45, 2.75) is 17.6 Å². The molecule has 3 rings (SSSR count). The lowest BCUT2D eigenvalue weighted by Gasteiger charge is -2.14. The third-order valence-corrected chi connectivity index (χ3v) is 4.61. The molecule has 118 valence electrons. The number of aromatic nitrogens is 2. The predicted molar refractivity (Wildman–Crippen MR) is 86.5 cm³/mol. The highest BCUT2D eigenvalue weighted by Crippen LogP contribution is 2.31. The van der Waals surface area contributed by atoms with E-state index in [0.717, 1.165) is 0 Å². The molecule has 23 heavy (non-hydrogen) atoms. The Morgan fingerprint density at radius 1 is 1.35 bits per heavy atom. The summed E-state index contributed by atoms with van der Waals surface area (Å²) in [6.07, 6.45) is 1.59. The second-order valence-corrected chi connectivity index (χ2v) is 6.05. The minimum Gasteiger partial charge on any atom is -0.366 e. The number of nitrogens with two attached hydrogens (primary N) is 1. The Bertz CT molecular complexity index is 833. The van der Waals surface area contributed by atoms with E-state index in [1.165, 1.54) is 28.6 Å². The highest BCUT2D eigenvalue weighted by Gasteiger charge is 2.27. The van der Waals surface area contributed by atoms with Gasteiger partial charge in [-0.15, -0.1) is 0 Å². The first kappa shape index (κ1) is 15.3. The van der Waals surface area contributed by atoms with E-state index in [0.29, 0.717) is 16.6 Å². The number of hydrogen-bond acceptors (Lipinski definition) is 5. The van der Waals surface area contributed by atoms with E-state index in [1.807, 2.05) is 0 Å². The zero-order valence-corrected chi connectivity index (χ0v) is 12.9. The number of para-hydroxylation sites is 1. The fourth-order valence-corrected chi connectivity index (χ4v) is 3.58. The van der Waals surface area contributed by atoms with Crippen molar-refractivity contribution in [3.05, 3.63) is 52.4 Å². The molecule has 2 heterocycles. The van der Waals surface area contributed by atoms with Crippen LogP contribution in [0, 0.1) is 0 Å². The van der Waals surface area contributed by atoms with Crippen LogP contribution in [0.2, 0.25) is 0 Å². The molecule has 3 N–H and O–H groups in total. The molecule has 0 bridgehead atoms. The third-order valence-electron chi connectivity index (χ3n) is 3.50. The predicted octanol–water partition coefficient (Wildman–Crippen LogP) is 1.02. The van der Waals surface area contributed by atoms with Gasteiger partial charge in [0, 0.05) is 24.4 Å². The van der Waals surface area contributed by atoms with Gasteiger partial charge in [0.25, 0.3) is 11.5 Å². The number of fused-ring (bicyclic) bond motifs is 1. The molecule has 1 aromatic heterocycles. The third kappa shape index (κ3) is 3.11. The van der Waals surface area contributed by atoms with Gasteiger partial charge in [-0.1, -0.05) is 23.9 Å². The number of carbonyl (C=O) groups is 2. The van der Waals surface area contributed by atoms with Crippen molar-refractivity contribution in [2.24, 2.45) is 5.73 Å². The highest BCUT2D eigenvalue weighted by molar-refractivity contribution is 7.99. The number of thioether (sulfide) groups is 1. The summed E-state index contributed by atoms with van der Waals surface area (Å²) >= 11 is 1.44. The van der Waals surface area contributed by atoms with Gasteiger partial charge in [-0.2, -0.15) is 0 Å². The van der Waals surface area contributed by atoms with Crippen molar-refractivity contribution in [1.82, 2.24) is 9.55 Å². The number of rotatable bonds is 4. The number of anilines is 1. The van der Waals surface area contributed by atoms with Gasteiger partial charge in [-0.3, -0.25) is 19.0 Å². The second kappa shape index (κ2) is 6.25. The van der Waals surface area contributed by atoms with Crippen LogP contribution in [-0.4, -0.2) is 27.1 Å². The molecular weight excluding hydrogens is 316 g/mol. The number of primary amides is 1. The summed E-state index contributed by atoms with van der Waals surface area (Å²) in [5.74, 6) is -0.284. The zero-order chi connectivity index (χ0) is 16.4. The Balaban J connectivity index is 1.75. The van der Waals surface area contributed by atoms with E-state index in [4.69, 9.17) is 5.73 Å². The van der Waals surface area contributed by atoms with E-state index < -0.39 is 5.91 Å². The van der Waals surface area contributed by atoms with Gasteiger partial charge in [0.15, 0.2) is 5.16 Å². The topological polar surface area (TPSA) is 107 Å². The molecule has 0 aliphatic carbocycles. The van der Waals surface area contributed by atoms with Gasteiger partial charge in [0.2, 0.25) is 5.91 Å². The van der Waals surface area contributed by atoms with E-state index in [9.17, 15) is 14.4 Å². The van der Waals surface area contributed by atoms with Crippen LogP contribution in [0.1, 0.15) is 22.8 Å². The summed E-state index contributed by atoms with van der Waals surface area (Å²) in [5.41, 5.74) is 5.74. The molecule has 1 aliphatic heterocycles. The van der Waals surface area contributed by atoms with Gasteiger partial charge in [-0.25, -0.2) is 4.98 Å². The van der Waals surface area contributed by atoms with Gasteiger partial charge in [0.05, 0.1) is 17.3 Å².